The number of hydrogen-bond donors (Lipinski definition) is 1. The van der Waals surface area contributed by atoms with Gasteiger partial charge in [-0.1, -0.05) is 13.0 Å². The van der Waals surface area contributed by atoms with Gasteiger partial charge in [0.1, 0.15) is 5.82 Å². The fourth-order valence-corrected chi connectivity index (χ4v) is 2.30. The van der Waals surface area contributed by atoms with Gasteiger partial charge >= 0.3 is 0 Å². The van der Waals surface area contributed by atoms with E-state index in [1.54, 1.807) is 6.07 Å². The van der Waals surface area contributed by atoms with Gasteiger partial charge in [0.15, 0.2) is 0 Å². The number of hydrogen-bond acceptors (Lipinski definition) is 1. The zero-order valence-corrected chi connectivity index (χ0v) is 12.5. The van der Waals surface area contributed by atoms with Gasteiger partial charge in [-0.15, -0.1) is 0 Å². The largest absolute Gasteiger partial charge is 0.350 e. The summed E-state index contributed by atoms with van der Waals surface area (Å²) in [5, 5.41) is 3.47. The van der Waals surface area contributed by atoms with Crippen LogP contribution < -0.4 is 5.32 Å². The molecule has 2 aromatic rings. The molecular weight excluding hydrogens is 251 g/mol. The van der Waals surface area contributed by atoms with Crippen LogP contribution in [0.15, 0.2) is 36.7 Å². The molecule has 0 fully saturated rings. The third kappa shape index (κ3) is 3.70. The van der Waals surface area contributed by atoms with Crippen molar-refractivity contribution in [2.24, 2.45) is 0 Å². The lowest BCUT2D eigenvalue weighted by atomic mass is 10.1. The zero-order chi connectivity index (χ0) is 14.5. The van der Waals surface area contributed by atoms with Crippen LogP contribution in [0.5, 0.6) is 0 Å². The molecule has 1 aromatic heterocycles. The molecule has 1 unspecified atom stereocenters. The molecule has 0 bridgehead atoms. The van der Waals surface area contributed by atoms with E-state index in [2.05, 4.69) is 42.2 Å². The quantitative estimate of drug-likeness (QED) is 0.841. The van der Waals surface area contributed by atoms with Crippen molar-refractivity contribution in [2.75, 3.05) is 6.54 Å². The third-order valence-corrected chi connectivity index (χ3v) is 3.64. The first kappa shape index (κ1) is 14.8. The predicted octanol–water partition coefficient (Wildman–Crippen LogP) is 4.04. The first-order valence-electron chi connectivity index (χ1n) is 7.24. The highest BCUT2D eigenvalue weighted by Crippen LogP contribution is 2.16. The summed E-state index contributed by atoms with van der Waals surface area (Å²) in [7, 11) is 0. The summed E-state index contributed by atoms with van der Waals surface area (Å²) in [5.74, 6) is -0.170. The molecular formula is C17H23FN2. The van der Waals surface area contributed by atoms with Crippen molar-refractivity contribution in [1.82, 2.24) is 9.88 Å². The van der Waals surface area contributed by atoms with Gasteiger partial charge in [-0.3, -0.25) is 0 Å². The van der Waals surface area contributed by atoms with Crippen LogP contribution in [0, 0.1) is 12.7 Å². The molecule has 20 heavy (non-hydrogen) atoms. The van der Waals surface area contributed by atoms with E-state index in [1.165, 1.54) is 11.6 Å². The summed E-state index contributed by atoms with van der Waals surface area (Å²) in [5.41, 5.74) is 3.42. The SMILES string of the molecule is CCCNC(C)c1ccn(Cc2cc(F)ccc2C)c1. The van der Waals surface area contributed by atoms with Crippen LogP contribution in [0.2, 0.25) is 0 Å². The van der Waals surface area contributed by atoms with Crippen LogP contribution in [0.1, 0.15) is 43.0 Å². The minimum atomic E-state index is -0.170. The molecule has 0 aliphatic carbocycles. The highest BCUT2D eigenvalue weighted by Gasteiger charge is 2.07. The molecule has 0 saturated carbocycles. The Bertz CT molecular complexity index is 560. The van der Waals surface area contributed by atoms with Gasteiger partial charge < -0.3 is 9.88 Å². The Labute approximate surface area is 120 Å². The standard InChI is InChI=1S/C17H23FN2/c1-4-8-19-14(3)15-7-9-20(11-15)12-16-10-17(18)6-5-13(16)2/h5-7,9-11,14,19H,4,8,12H2,1-3H3. The number of nitrogens with one attached hydrogen (secondary N) is 1. The zero-order valence-electron chi connectivity index (χ0n) is 12.5. The number of halogens is 1. The second-order valence-electron chi connectivity index (χ2n) is 5.36. The van der Waals surface area contributed by atoms with Gasteiger partial charge in [0.05, 0.1) is 0 Å². The van der Waals surface area contributed by atoms with Gasteiger partial charge in [-0.05, 0) is 61.7 Å². The maximum absolute atomic E-state index is 13.3. The fraction of sp³-hybridized carbons (Fsp3) is 0.412. The van der Waals surface area contributed by atoms with Crippen LogP contribution in [0.25, 0.3) is 0 Å². The van der Waals surface area contributed by atoms with Gasteiger partial charge in [-0.2, -0.15) is 0 Å². The summed E-state index contributed by atoms with van der Waals surface area (Å²) in [6.45, 7) is 8.09. The first-order valence-corrected chi connectivity index (χ1v) is 7.24. The minimum absolute atomic E-state index is 0.170. The molecule has 3 heteroatoms. The smallest absolute Gasteiger partial charge is 0.123 e. The van der Waals surface area contributed by atoms with E-state index in [4.69, 9.17) is 0 Å². The molecule has 0 spiro atoms. The Balaban J connectivity index is 2.07. The second kappa shape index (κ2) is 6.71. The highest BCUT2D eigenvalue weighted by atomic mass is 19.1. The van der Waals surface area contributed by atoms with Crippen molar-refractivity contribution < 1.29 is 4.39 Å². The topological polar surface area (TPSA) is 17.0 Å². The summed E-state index contributed by atoms with van der Waals surface area (Å²) in [4.78, 5) is 0. The third-order valence-electron chi connectivity index (χ3n) is 3.64. The van der Waals surface area contributed by atoms with E-state index < -0.39 is 0 Å². The van der Waals surface area contributed by atoms with E-state index >= 15 is 0 Å². The number of nitrogens with zero attached hydrogens (tertiary/aromatic N) is 1. The lowest BCUT2D eigenvalue weighted by molar-refractivity contribution is 0.569. The Morgan fingerprint density at radius 2 is 2.10 bits per heavy atom. The number of aromatic nitrogens is 1. The molecule has 0 radical (unpaired) electrons. The summed E-state index contributed by atoms with van der Waals surface area (Å²) < 4.78 is 15.4. The molecule has 0 aliphatic rings. The average Bonchev–Trinajstić information content (AvgIpc) is 2.89. The molecule has 0 saturated heterocycles. The van der Waals surface area contributed by atoms with Crippen molar-refractivity contribution in [2.45, 2.75) is 39.8 Å². The van der Waals surface area contributed by atoms with Gasteiger partial charge in [0, 0.05) is 25.0 Å². The molecule has 1 atom stereocenters. The van der Waals surface area contributed by atoms with E-state index in [0.29, 0.717) is 12.6 Å². The van der Waals surface area contributed by atoms with E-state index in [9.17, 15) is 4.39 Å². The van der Waals surface area contributed by atoms with Crippen LogP contribution >= 0.6 is 0 Å². The van der Waals surface area contributed by atoms with E-state index in [1.807, 2.05) is 13.0 Å². The molecule has 0 aliphatic heterocycles. The second-order valence-corrected chi connectivity index (χ2v) is 5.36. The summed E-state index contributed by atoms with van der Waals surface area (Å²) in [6.07, 6.45) is 5.33. The molecule has 108 valence electrons. The molecule has 2 nitrogen and oxygen atoms in total. The molecule has 1 aromatic carbocycles. The van der Waals surface area contributed by atoms with Crippen molar-refractivity contribution >= 4 is 0 Å². The van der Waals surface area contributed by atoms with Crippen molar-refractivity contribution in [1.29, 1.82) is 0 Å². The predicted molar refractivity (Wildman–Crippen MR) is 81.4 cm³/mol. The average molecular weight is 274 g/mol. The molecule has 0 amide bonds. The van der Waals surface area contributed by atoms with Gasteiger partial charge in [0.25, 0.3) is 0 Å². The lowest BCUT2D eigenvalue weighted by Crippen LogP contribution is -2.18. The van der Waals surface area contributed by atoms with Crippen LogP contribution in [-0.4, -0.2) is 11.1 Å². The molecule has 1 N–H and O–H groups in total. The van der Waals surface area contributed by atoms with Crippen LogP contribution in [-0.2, 0) is 6.54 Å². The van der Waals surface area contributed by atoms with Crippen LogP contribution in [0.3, 0.4) is 0 Å². The van der Waals surface area contributed by atoms with Crippen molar-refractivity contribution in [3.63, 3.8) is 0 Å². The van der Waals surface area contributed by atoms with Crippen molar-refractivity contribution in [3.8, 4) is 0 Å². The number of aryl methyl sites for hydroxylation is 1. The molecule has 2 rings (SSSR count). The van der Waals surface area contributed by atoms with Gasteiger partial charge in [-0.25, -0.2) is 4.39 Å². The van der Waals surface area contributed by atoms with E-state index in [-0.39, 0.29) is 5.82 Å². The van der Waals surface area contributed by atoms with E-state index in [0.717, 1.165) is 24.1 Å². The first-order chi connectivity index (χ1) is 9.60. The lowest BCUT2D eigenvalue weighted by Gasteiger charge is -2.11. The summed E-state index contributed by atoms with van der Waals surface area (Å²) >= 11 is 0. The van der Waals surface area contributed by atoms with Crippen molar-refractivity contribution in [3.05, 3.63) is 59.2 Å². The molecule has 1 heterocycles. The Morgan fingerprint density at radius 1 is 1.30 bits per heavy atom. The Kier molecular flexibility index (Phi) is 4.96. The maximum Gasteiger partial charge on any atom is 0.123 e. The van der Waals surface area contributed by atoms with Gasteiger partial charge in [0.2, 0.25) is 0 Å². The van der Waals surface area contributed by atoms with Crippen LogP contribution in [0.4, 0.5) is 4.39 Å². The number of benzene rings is 1. The minimum Gasteiger partial charge on any atom is -0.350 e. The Morgan fingerprint density at radius 3 is 2.85 bits per heavy atom. The monoisotopic (exact) mass is 274 g/mol. The fourth-order valence-electron chi connectivity index (χ4n) is 2.30. The normalized spacial score (nSPS) is 12.6. The number of rotatable bonds is 6. The maximum atomic E-state index is 13.3. The Hall–Kier alpha value is -1.61. The highest BCUT2D eigenvalue weighted by molar-refractivity contribution is 5.27. The summed E-state index contributed by atoms with van der Waals surface area (Å²) in [6, 6.07) is 7.44.